The average Bonchev–Trinajstić information content (AvgIpc) is 2.19. The van der Waals surface area contributed by atoms with Crippen LogP contribution >= 0.6 is 0 Å². The van der Waals surface area contributed by atoms with Crippen molar-refractivity contribution in [1.29, 1.82) is 0 Å². The third-order valence-corrected chi connectivity index (χ3v) is 2.35. The van der Waals surface area contributed by atoms with Crippen LogP contribution in [0.3, 0.4) is 0 Å². The first-order valence-corrected chi connectivity index (χ1v) is 5.13. The fourth-order valence-electron chi connectivity index (χ4n) is 1.63. The van der Waals surface area contributed by atoms with Gasteiger partial charge in [0.1, 0.15) is 0 Å². The number of rotatable bonds is 5. The fourth-order valence-corrected chi connectivity index (χ4v) is 1.63. The first-order chi connectivity index (χ1) is 6.74. The quantitative estimate of drug-likeness (QED) is 0.691. The van der Waals surface area contributed by atoms with Crippen molar-refractivity contribution < 1.29 is 65.4 Å². The van der Waals surface area contributed by atoms with Crippen molar-refractivity contribution in [3.63, 3.8) is 0 Å². The van der Waals surface area contributed by atoms with E-state index in [9.17, 15) is 0 Å². The maximum atomic E-state index is 6.09. The molecular formula is C14H18Y2-2. The van der Waals surface area contributed by atoms with Crippen LogP contribution in [0.5, 0.6) is 0 Å². The first-order valence-electron chi connectivity index (χ1n) is 5.13. The average molecular weight is 364 g/mol. The molecule has 0 spiro atoms. The van der Waals surface area contributed by atoms with Crippen LogP contribution in [0.15, 0.2) is 30.3 Å². The molecule has 0 saturated heterocycles. The van der Waals surface area contributed by atoms with E-state index in [0.717, 1.165) is 12.8 Å². The molecule has 0 aromatic heterocycles. The number of benzene rings is 1. The van der Waals surface area contributed by atoms with Crippen molar-refractivity contribution in [2.45, 2.75) is 32.6 Å². The van der Waals surface area contributed by atoms with Crippen LogP contribution < -0.4 is 0 Å². The molecule has 0 heterocycles. The van der Waals surface area contributed by atoms with E-state index in [1.807, 2.05) is 18.2 Å². The summed E-state index contributed by atoms with van der Waals surface area (Å²) in [6, 6.07) is 10.3. The van der Waals surface area contributed by atoms with E-state index in [4.69, 9.17) is 6.92 Å². The molecule has 1 atom stereocenters. The van der Waals surface area contributed by atoms with Gasteiger partial charge in [-0.1, -0.05) is 30.3 Å². The van der Waals surface area contributed by atoms with E-state index in [0.29, 0.717) is 0 Å². The topological polar surface area (TPSA) is 0 Å². The van der Waals surface area contributed by atoms with Crippen LogP contribution in [0.2, 0.25) is 0 Å². The predicted molar refractivity (Wildman–Crippen MR) is 61.6 cm³/mol. The second-order valence-corrected chi connectivity index (χ2v) is 3.79. The van der Waals surface area contributed by atoms with Crippen molar-refractivity contribution in [3.05, 3.63) is 55.2 Å². The maximum Gasteiger partial charge on any atom is 0 e. The molecule has 82 valence electrons. The summed E-state index contributed by atoms with van der Waals surface area (Å²) in [5.74, 6) is 1.60. The standard InChI is InChI=1S/C14H18.2Y/c1-4-8-12(2)11-13(3)14-9-6-5-7-10-14;;/h3-7,9-10,13H,8,11H2,1-2H3;;/q-2;;. The van der Waals surface area contributed by atoms with Crippen LogP contribution in [0.25, 0.3) is 0 Å². The van der Waals surface area contributed by atoms with Crippen molar-refractivity contribution in [2.75, 3.05) is 0 Å². The molecule has 0 fully saturated rings. The van der Waals surface area contributed by atoms with E-state index in [1.54, 1.807) is 0 Å². The Morgan fingerprint density at radius 2 is 1.81 bits per heavy atom. The van der Waals surface area contributed by atoms with E-state index in [2.05, 4.69) is 32.4 Å². The van der Waals surface area contributed by atoms with E-state index < -0.39 is 0 Å². The summed E-state index contributed by atoms with van der Waals surface area (Å²) in [4.78, 5) is 0. The van der Waals surface area contributed by atoms with Crippen LogP contribution in [0, 0.1) is 19.3 Å². The summed E-state index contributed by atoms with van der Waals surface area (Å²) in [7, 11) is 0. The Morgan fingerprint density at radius 1 is 1.25 bits per heavy atom. The Hall–Kier alpha value is 1.43. The van der Waals surface area contributed by atoms with Gasteiger partial charge in [-0.3, -0.25) is 0 Å². The van der Waals surface area contributed by atoms with Gasteiger partial charge < -0.3 is 18.8 Å². The summed E-state index contributed by atoms with van der Waals surface area (Å²) in [6.45, 7) is 10.3. The molecule has 0 aliphatic carbocycles. The molecule has 0 saturated carbocycles. The second kappa shape index (κ2) is 11.5. The molecule has 16 heavy (non-hydrogen) atoms. The molecule has 2 heteroatoms. The monoisotopic (exact) mass is 364 g/mol. The molecule has 1 aromatic carbocycles. The summed E-state index contributed by atoms with van der Waals surface area (Å²) < 4.78 is 0. The van der Waals surface area contributed by atoms with Crippen LogP contribution in [0.1, 0.15) is 38.2 Å². The Kier molecular flexibility index (Phi) is 14.2. The van der Waals surface area contributed by atoms with Crippen molar-refractivity contribution >= 4 is 0 Å². The smallest absolute Gasteiger partial charge is 0 e. The van der Waals surface area contributed by atoms with Gasteiger partial charge in [0.15, 0.2) is 0 Å². The van der Waals surface area contributed by atoms with Crippen molar-refractivity contribution in [3.8, 4) is 0 Å². The van der Waals surface area contributed by atoms with Gasteiger partial charge in [-0.25, -0.2) is 0 Å². The molecule has 0 bridgehead atoms. The zero-order valence-corrected chi connectivity index (χ0v) is 15.9. The largest absolute Gasteiger partial charge is 0.360 e. The molecule has 0 aliphatic heterocycles. The summed E-state index contributed by atoms with van der Waals surface area (Å²) >= 11 is 0. The van der Waals surface area contributed by atoms with Crippen LogP contribution in [0.4, 0.5) is 0 Å². The first kappa shape index (κ1) is 19.8. The van der Waals surface area contributed by atoms with Gasteiger partial charge in [0.25, 0.3) is 0 Å². The molecule has 0 amide bonds. The molecule has 1 unspecified atom stereocenters. The third-order valence-electron chi connectivity index (χ3n) is 2.35. The predicted octanol–water partition coefficient (Wildman–Crippen LogP) is 4.08. The minimum absolute atomic E-state index is 0. The molecule has 4 radical (unpaired) electrons. The molecule has 0 aliphatic rings. The molecule has 0 nitrogen and oxygen atoms in total. The molecule has 0 N–H and O–H groups in total. The van der Waals surface area contributed by atoms with E-state index in [1.165, 1.54) is 11.5 Å². The summed E-state index contributed by atoms with van der Waals surface area (Å²) in [5.41, 5.74) is 1.22. The Bertz CT molecular complexity index is 246. The van der Waals surface area contributed by atoms with Gasteiger partial charge in [0.05, 0.1) is 0 Å². The zero-order valence-electron chi connectivity index (χ0n) is 10.2. The maximum absolute atomic E-state index is 6.09. The van der Waals surface area contributed by atoms with E-state index in [-0.39, 0.29) is 71.3 Å². The third kappa shape index (κ3) is 7.70. The van der Waals surface area contributed by atoms with E-state index >= 15 is 0 Å². The van der Waals surface area contributed by atoms with Gasteiger partial charge in [-0.05, 0) is 18.4 Å². The normalized spacial score (nSPS) is 11.5. The summed E-state index contributed by atoms with van der Waals surface area (Å²) in [5, 5.41) is 0. The van der Waals surface area contributed by atoms with Crippen LogP contribution in [-0.2, 0) is 65.4 Å². The minimum Gasteiger partial charge on any atom is -0.360 e. The van der Waals surface area contributed by atoms with Gasteiger partial charge in [0.2, 0.25) is 0 Å². The molecule has 1 aromatic rings. The molecule has 1 rings (SSSR count). The Labute approximate surface area is 151 Å². The fraction of sp³-hybridized carbons (Fsp3) is 0.357. The Morgan fingerprint density at radius 3 is 2.31 bits per heavy atom. The van der Waals surface area contributed by atoms with Gasteiger partial charge in [0, 0.05) is 65.4 Å². The Balaban J connectivity index is 0. The second-order valence-electron chi connectivity index (χ2n) is 3.79. The van der Waals surface area contributed by atoms with Crippen molar-refractivity contribution in [2.24, 2.45) is 0 Å². The van der Waals surface area contributed by atoms with Gasteiger partial charge in [-0.15, -0.1) is 0 Å². The van der Waals surface area contributed by atoms with Gasteiger partial charge >= 0.3 is 0 Å². The minimum atomic E-state index is 0. The van der Waals surface area contributed by atoms with Crippen molar-refractivity contribution in [1.82, 2.24) is 0 Å². The number of hydrogen-bond acceptors (Lipinski definition) is 0. The SMILES string of the molecule is [CH]C(C[C-](C)C[CH-]C)c1ccccc1.[Y].[Y]. The van der Waals surface area contributed by atoms with Gasteiger partial charge in [-0.2, -0.15) is 20.3 Å². The number of hydrogen-bond donors (Lipinski definition) is 0. The summed E-state index contributed by atoms with van der Waals surface area (Å²) in [6.07, 6.45) is 4.22. The molecular weight excluding hydrogens is 346 g/mol. The zero-order chi connectivity index (χ0) is 10.4. The van der Waals surface area contributed by atoms with Crippen LogP contribution in [-0.4, -0.2) is 0 Å².